The van der Waals surface area contributed by atoms with Crippen molar-refractivity contribution in [1.82, 2.24) is 20.8 Å². The van der Waals surface area contributed by atoms with Gasteiger partial charge in [0.1, 0.15) is 0 Å². The normalized spacial score (nSPS) is 16.7. The Balaban J connectivity index is 1.38. The number of aryl methyl sites for hydroxylation is 1. The van der Waals surface area contributed by atoms with Gasteiger partial charge < -0.3 is 24.6 Å². The molecular formula is C22H33N5O3. The third-order valence-electron chi connectivity index (χ3n) is 4.85. The minimum Gasteiger partial charge on any atom is -0.379 e. The lowest BCUT2D eigenvalue weighted by Gasteiger charge is -2.12. The number of aliphatic imine (C=N–C) groups is 1. The van der Waals surface area contributed by atoms with E-state index in [0.717, 1.165) is 82.5 Å². The molecule has 2 heterocycles. The Hall–Kier alpha value is -2.45. The average Bonchev–Trinajstić information content (AvgIpc) is 3.46. The number of nitrogens with one attached hydrogen (secondary N) is 2. The van der Waals surface area contributed by atoms with E-state index in [4.69, 9.17) is 14.0 Å². The first kappa shape index (κ1) is 22.2. The molecule has 1 aromatic heterocycles. The van der Waals surface area contributed by atoms with Gasteiger partial charge in [-0.3, -0.25) is 4.99 Å². The maximum atomic E-state index is 5.78. The maximum Gasteiger partial charge on any atom is 0.257 e. The molecular weight excluding hydrogens is 382 g/mol. The van der Waals surface area contributed by atoms with Gasteiger partial charge >= 0.3 is 0 Å². The van der Waals surface area contributed by atoms with Crippen LogP contribution in [-0.2, 0) is 22.3 Å². The van der Waals surface area contributed by atoms with Gasteiger partial charge in [-0.2, -0.15) is 4.98 Å². The highest BCUT2D eigenvalue weighted by Crippen LogP contribution is 2.18. The summed E-state index contributed by atoms with van der Waals surface area (Å²) in [7, 11) is 0. The molecule has 1 atom stereocenters. The summed E-state index contributed by atoms with van der Waals surface area (Å²) in [5, 5.41) is 10.6. The number of nitrogens with zero attached hydrogens (tertiary/aromatic N) is 3. The zero-order chi connectivity index (χ0) is 21.0. The van der Waals surface area contributed by atoms with Gasteiger partial charge in [-0.1, -0.05) is 24.2 Å². The van der Waals surface area contributed by atoms with Crippen LogP contribution in [-0.4, -0.2) is 61.7 Å². The monoisotopic (exact) mass is 415 g/mol. The predicted octanol–water partition coefficient (Wildman–Crippen LogP) is 2.59. The highest BCUT2D eigenvalue weighted by molar-refractivity contribution is 5.79. The number of hydrogen-bond acceptors (Lipinski definition) is 6. The molecule has 1 aliphatic heterocycles. The van der Waals surface area contributed by atoms with E-state index in [1.54, 1.807) is 0 Å². The van der Waals surface area contributed by atoms with E-state index in [1.165, 1.54) is 5.56 Å². The lowest BCUT2D eigenvalue weighted by Crippen LogP contribution is -2.38. The SMILES string of the molecule is CCNC(=NCCCOC1CCOC1)NCCc1ccc(-c2nc(CC)no2)cc1. The van der Waals surface area contributed by atoms with Crippen molar-refractivity contribution < 1.29 is 14.0 Å². The summed E-state index contributed by atoms with van der Waals surface area (Å²) < 4.78 is 16.4. The Kier molecular flexibility index (Phi) is 9.11. The van der Waals surface area contributed by atoms with E-state index >= 15 is 0 Å². The van der Waals surface area contributed by atoms with E-state index in [0.29, 0.717) is 5.89 Å². The van der Waals surface area contributed by atoms with Crippen LogP contribution in [0.2, 0.25) is 0 Å². The molecule has 30 heavy (non-hydrogen) atoms. The molecule has 0 aliphatic carbocycles. The third-order valence-corrected chi connectivity index (χ3v) is 4.85. The molecule has 0 radical (unpaired) electrons. The highest BCUT2D eigenvalue weighted by atomic mass is 16.5. The van der Waals surface area contributed by atoms with Gasteiger partial charge in [-0.15, -0.1) is 0 Å². The van der Waals surface area contributed by atoms with E-state index in [1.807, 2.05) is 19.1 Å². The Morgan fingerprint density at radius 1 is 1.23 bits per heavy atom. The van der Waals surface area contributed by atoms with Crippen molar-refractivity contribution in [2.75, 3.05) is 39.5 Å². The van der Waals surface area contributed by atoms with Crippen LogP contribution < -0.4 is 10.6 Å². The van der Waals surface area contributed by atoms with E-state index in [9.17, 15) is 0 Å². The van der Waals surface area contributed by atoms with Gasteiger partial charge in [0.15, 0.2) is 11.8 Å². The van der Waals surface area contributed by atoms with Crippen LogP contribution in [0.5, 0.6) is 0 Å². The zero-order valence-electron chi connectivity index (χ0n) is 18.0. The van der Waals surface area contributed by atoms with Crippen LogP contribution in [0.3, 0.4) is 0 Å². The maximum absolute atomic E-state index is 5.78. The smallest absolute Gasteiger partial charge is 0.257 e. The average molecular weight is 416 g/mol. The van der Waals surface area contributed by atoms with Gasteiger partial charge in [-0.25, -0.2) is 0 Å². The fourth-order valence-electron chi connectivity index (χ4n) is 3.15. The summed E-state index contributed by atoms with van der Waals surface area (Å²) in [6.07, 6.45) is 3.85. The van der Waals surface area contributed by atoms with Crippen molar-refractivity contribution in [1.29, 1.82) is 0 Å². The van der Waals surface area contributed by atoms with Crippen molar-refractivity contribution in [2.45, 2.75) is 45.6 Å². The van der Waals surface area contributed by atoms with Gasteiger partial charge in [-0.05, 0) is 43.9 Å². The minimum absolute atomic E-state index is 0.264. The van der Waals surface area contributed by atoms with Crippen LogP contribution in [0, 0.1) is 0 Å². The third kappa shape index (κ3) is 7.11. The molecule has 0 bridgehead atoms. The lowest BCUT2D eigenvalue weighted by molar-refractivity contribution is 0.0424. The minimum atomic E-state index is 0.264. The number of guanidine groups is 1. The summed E-state index contributed by atoms with van der Waals surface area (Å²) in [4.78, 5) is 9.00. The van der Waals surface area contributed by atoms with Crippen molar-refractivity contribution in [3.8, 4) is 11.5 Å². The summed E-state index contributed by atoms with van der Waals surface area (Å²) in [5.74, 6) is 2.14. The Morgan fingerprint density at radius 3 is 2.80 bits per heavy atom. The summed E-state index contributed by atoms with van der Waals surface area (Å²) in [6, 6.07) is 8.25. The molecule has 8 nitrogen and oxygen atoms in total. The fourth-order valence-corrected chi connectivity index (χ4v) is 3.15. The van der Waals surface area contributed by atoms with Gasteiger partial charge in [0.25, 0.3) is 5.89 Å². The molecule has 1 fully saturated rings. The van der Waals surface area contributed by atoms with Crippen LogP contribution in [0.1, 0.15) is 38.1 Å². The highest BCUT2D eigenvalue weighted by Gasteiger charge is 2.15. The van der Waals surface area contributed by atoms with Crippen LogP contribution in [0.15, 0.2) is 33.8 Å². The van der Waals surface area contributed by atoms with E-state index in [-0.39, 0.29) is 6.10 Å². The molecule has 2 N–H and O–H groups in total. The predicted molar refractivity (Wildman–Crippen MR) is 117 cm³/mol. The first-order valence-electron chi connectivity index (χ1n) is 10.9. The topological polar surface area (TPSA) is 93.8 Å². The van der Waals surface area contributed by atoms with Gasteiger partial charge in [0, 0.05) is 44.8 Å². The van der Waals surface area contributed by atoms with Gasteiger partial charge in [0.2, 0.25) is 0 Å². The molecule has 0 spiro atoms. The quantitative estimate of drug-likeness (QED) is 0.331. The first-order chi connectivity index (χ1) is 14.8. The lowest BCUT2D eigenvalue weighted by atomic mass is 10.1. The zero-order valence-corrected chi connectivity index (χ0v) is 18.0. The molecule has 3 rings (SSSR count). The van der Waals surface area contributed by atoms with Crippen molar-refractivity contribution >= 4 is 5.96 Å². The second kappa shape index (κ2) is 12.3. The second-order valence-electron chi connectivity index (χ2n) is 7.21. The van der Waals surface area contributed by atoms with Crippen molar-refractivity contribution in [3.05, 3.63) is 35.7 Å². The Labute approximate surface area is 178 Å². The van der Waals surface area contributed by atoms with E-state index in [2.05, 4.69) is 44.8 Å². The number of ether oxygens (including phenoxy) is 2. The van der Waals surface area contributed by atoms with Gasteiger partial charge in [0.05, 0.1) is 12.7 Å². The molecule has 0 amide bonds. The number of benzene rings is 1. The molecule has 164 valence electrons. The van der Waals surface area contributed by atoms with E-state index < -0.39 is 0 Å². The fraction of sp³-hybridized carbons (Fsp3) is 0.591. The number of aromatic nitrogens is 2. The molecule has 1 aromatic carbocycles. The van der Waals surface area contributed by atoms with Crippen molar-refractivity contribution in [2.24, 2.45) is 4.99 Å². The van der Waals surface area contributed by atoms with Crippen LogP contribution in [0.25, 0.3) is 11.5 Å². The molecule has 1 saturated heterocycles. The molecule has 0 saturated carbocycles. The Morgan fingerprint density at radius 2 is 2.10 bits per heavy atom. The second-order valence-corrected chi connectivity index (χ2v) is 7.21. The summed E-state index contributed by atoms with van der Waals surface area (Å²) >= 11 is 0. The first-order valence-corrected chi connectivity index (χ1v) is 10.9. The number of rotatable bonds is 11. The molecule has 1 unspecified atom stereocenters. The van der Waals surface area contributed by atoms with Crippen LogP contribution in [0.4, 0.5) is 0 Å². The molecule has 1 aliphatic rings. The number of hydrogen-bond donors (Lipinski definition) is 2. The standard InChI is InChI=1S/C22H33N5O3/c1-3-20-26-21(30-27-20)18-8-6-17(7-9-18)10-13-25-22(23-4-2)24-12-5-14-29-19-11-15-28-16-19/h6-9,19H,3-5,10-16H2,1-2H3,(H2,23,24,25). The molecule has 8 heteroatoms. The molecule has 2 aromatic rings. The summed E-state index contributed by atoms with van der Waals surface area (Å²) in [5.41, 5.74) is 2.18. The van der Waals surface area contributed by atoms with Crippen LogP contribution >= 0.6 is 0 Å². The Bertz CT molecular complexity index is 769. The largest absolute Gasteiger partial charge is 0.379 e. The van der Waals surface area contributed by atoms with Crippen molar-refractivity contribution in [3.63, 3.8) is 0 Å². The summed E-state index contributed by atoms with van der Waals surface area (Å²) in [6.45, 7) is 8.72.